The van der Waals surface area contributed by atoms with Crippen LogP contribution in [0.5, 0.6) is 0 Å². The van der Waals surface area contributed by atoms with Crippen molar-refractivity contribution in [3.8, 4) is 0 Å². The topological polar surface area (TPSA) is 147 Å². The summed E-state index contributed by atoms with van der Waals surface area (Å²) in [4.78, 5) is 52.6. The summed E-state index contributed by atoms with van der Waals surface area (Å²) in [6, 6.07) is 0. The van der Waals surface area contributed by atoms with Crippen LogP contribution in [0.3, 0.4) is 0 Å². The van der Waals surface area contributed by atoms with Gasteiger partial charge in [-0.15, -0.1) is 0 Å². The Morgan fingerprint density at radius 3 is 2.42 bits per heavy atom. The lowest BCUT2D eigenvalue weighted by molar-refractivity contribution is -0.191. The minimum absolute atomic E-state index is 0.120. The third kappa shape index (κ3) is 3.54. The van der Waals surface area contributed by atoms with E-state index < -0.39 is 81.9 Å². The Balaban J connectivity index is 1.88. The molecule has 0 amide bonds. The molecule has 9 heteroatoms. The number of allylic oxidation sites excluding steroid dienone is 1. The van der Waals surface area contributed by atoms with Crippen LogP contribution in [0.15, 0.2) is 34.9 Å². The van der Waals surface area contributed by atoms with Gasteiger partial charge >= 0.3 is 11.9 Å². The summed E-state index contributed by atoms with van der Waals surface area (Å²) in [6.45, 7) is 10.8. The van der Waals surface area contributed by atoms with Gasteiger partial charge in [0.2, 0.25) is 0 Å². The van der Waals surface area contributed by atoms with Gasteiger partial charge in [-0.3, -0.25) is 14.4 Å². The Kier molecular flexibility index (Phi) is 6.70. The maximum absolute atomic E-state index is 14.0. The highest BCUT2D eigenvalue weighted by Gasteiger charge is 2.86. The minimum Gasteiger partial charge on any atom is -0.462 e. The summed E-state index contributed by atoms with van der Waals surface area (Å²) in [7, 11) is 0. The van der Waals surface area contributed by atoms with Gasteiger partial charge in [0.25, 0.3) is 0 Å². The number of rotatable bonds is 6. The van der Waals surface area contributed by atoms with Crippen LogP contribution < -0.4 is 0 Å². The SMILES string of the molecule is CC=C(C)C(=O)OCC1(C)C2C3C(=O)C(CO)=CC4(O)C(=O)C(C)=CC4C3(O)C(C)CC21OC(=O)C(C)C. The van der Waals surface area contributed by atoms with E-state index in [2.05, 4.69) is 0 Å². The monoisotopic (exact) mass is 530 g/mol. The molecule has 4 rings (SSSR count). The maximum atomic E-state index is 14.0. The van der Waals surface area contributed by atoms with E-state index in [1.807, 2.05) is 0 Å². The van der Waals surface area contributed by atoms with Crippen molar-refractivity contribution >= 4 is 23.5 Å². The zero-order chi connectivity index (χ0) is 28.6. The van der Waals surface area contributed by atoms with Crippen LogP contribution in [0.25, 0.3) is 0 Å². The number of Topliss-reactive ketones (excluding diaryl/α,β-unsaturated/α-hetero) is 2. The molecule has 0 saturated heterocycles. The largest absolute Gasteiger partial charge is 0.462 e. The van der Waals surface area contributed by atoms with E-state index in [1.165, 1.54) is 13.0 Å². The minimum atomic E-state index is -2.20. The second-order valence-corrected chi connectivity index (χ2v) is 12.1. The first-order valence-electron chi connectivity index (χ1n) is 13.1. The summed E-state index contributed by atoms with van der Waals surface area (Å²) < 4.78 is 11.7. The summed E-state index contributed by atoms with van der Waals surface area (Å²) in [5.74, 6) is -6.71. The number of carbonyl (C=O) groups excluding carboxylic acids is 4. The van der Waals surface area contributed by atoms with Gasteiger partial charge in [-0.05, 0) is 44.8 Å². The average Bonchev–Trinajstić information content (AvgIpc) is 3.29. The number of esters is 2. The van der Waals surface area contributed by atoms with Crippen LogP contribution in [0, 0.1) is 35.0 Å². The van der Waals surface area contributed by atoms with E-state index in [0.29, 0.717) is 5.57 Å². The standard InChI is InChI=1S/C29H38O9/c1-8-15(4)25(34)37-13-26(7)22-20-21(31)18(12-30)11-27(35)19(9-16(5)23(27)32)29(20,36)17(6)10-28(22,26)38-24(33)14(2)3/h8-9,11,14,17,19-20,22,30,35-36H,10,12-13H2,1-7H3. The van der Waals surface area contributed by atoms with Crippen molar-refractivity contribution in [3.05, 3.63) is 34.9 Å². The van der Waals surface area contributed by atoms with Crippen LogP contribution in [0.1, 0.15) is 54.9 Å². The van der Waals surface area contributed by atoms with Crippen LogP contribution >= 0.6 is 0 Å². The van der Waals surface area contributed by atoms with Crippen LogP contribution in [0.2, 0.25) is 0 Å². The molecule has 4 aliphatic rings. The Morgan fingerprint density at radius 1 is 1.24 bits per heavy atom. The van der Waals surface area contributed by atoms with Crippen molar-refractivity contribution in [1.29, 1.82) is 0 Å². The molecule has 0 spiro atoms. The first-order chi connectivity index (χ1) is 17.6. The van der Waals surface area contributed by atoms with E-state index in [9.17, 15) is 34.5 Å². The van der Waals surface area contributed by atoms with E-state index >= 15 is 0 Å². The number of fused-ring (bicyclic) bond motifs is 5. The quantitative estimate of drug-likeness (QED) is 0.346. The first kappa shape index (κ1) is 28.4. The summed E-state index contributed by atoms with van der Waals surface area (Å²) in [6.07, 6.45) is 4.31. The lowest BCUT2D eigenvalue weighted by Gasteiger charge is -2.50. The molecule has 3 N–H and O–H groups in total. The summed E-state index contributed by atoms with van der Waals surface area (Å²) >= 11 is 0. The molecule has 0 aromatic carbocycles. The summed E-state index contributed by atoms with van der Waals surface area (Å²) in [5, 5.41) is 34.1. The Labute approximate surface area is 222 Å². The molecule has 2 fully saturated rings. The molecule has 2 saturated carbocycles. The van der Waals surface area contributed by atoms with Crippen molar-refractivity contribution < 1.29 is 44.0 Å². The van der Waals surface area contributed by atoms with E-state index in [1.54, 1.807) is 47.6 Å². The van der Waals surface area contributed by atoms with Gasteiger partial charge in [0.05, 0.1) is 24.0 Å². The second kappa shape index (κ2) is 8.96. The highest BCUT2D eigenvalue weighted by atomic mass is 16.6. The van der Waals surface area contributed by atoms with Gasteiger partial charge in [0.15, 0.2) is 17.2 Å². The van der Waals surface area contributed by atoms with Crippen molar-refractivity contribution in [2.24, 2.45) is 35.0 Å². The maximum Gasteiger partial charge on any atom is 0.333 e. The lowest BCUT2D eigenvalue weighted by Crippen LogP contribution is -2.62. The smallest absolute Gasteiger partial charge is 0.333 e. The molecule has 0 aromatic heterocycles. The van der Waals surface area contributed by atoms with Gasteiger partial charge in [-0.2, -0.15) is 0 Å². The first-order valence-corrected chi connectivity index (χ1v) is 13.1. The molecular formula is C29H38O9. The third-order valence-electron chi connectivity index (χ3n) is 9.59. The predicted octanol–water partition coefficient (Wildman–Crippen LogP) is 1.83. The number of hydrogen-bond acceptors (Lipinski definition) is 9. The number of aliphatic hydroxyl groups excluding tert-OH is 1. The zero-order valence-corrected chi connectivity index (χ0v) is 23.0. The zero-order valence-electron chi connectivity index (χ0n) is 23.0. The number of aliphatic hydroxyl groups is 3. The molecule has 0 radical (unpaired) electrons. The molecule has 38 heavy (non-hydrogen) atoms. The van der Waals surface area contributed by atoms with Crippen molar-refractivity contribution in [1.82, 2.24) is 0 Å². The van der Waals surface area contributed by atoms with Gasteiger partial charge < -0.3 is 24.8 Å². The molecule has 208 valence electrons. The molecule has 0 heterocycles. The average molecular weight is 531 g/mol. The van der Waals surface area contributed by atoms with Gasteiger partial charge in [-0.1, -0.05) is 39.8 Å². The molecule has 8 unspecified atom stereocenters. The predicted molar refractivity (Wildman–Crippen MR) is 135 cm³/mol. The molecule has 4 aliphatic carbocycles. The highest BCUT2D eigenvalue weighted by molar-refractivity contribution is 6.09. The Hall–Kier alpha value is -2.62. The van der Waals surface area contributed by atoms with Gasteiger partial charge in [0, 0.05) is 28.4 Å². The Morgan fingerprint density at radius 2 is 1.87 bits per heavy atom. The van der Waals surface area contributed by atoms with E-state index in [-0.39, 0.29) is 24.2 Å². The van der Waals surface area contributed by atoms with Crippen molar-refractivity contribution in [2.45, 2.75) is 71.7 Å². The summed E-state index contributed by atoms with van der Waals surface area (Å²) in [5.41, 5.74) is -5.96. The Bertz CT molecular complexity index is 1190. The van der Waals surface area contributed by atoms with Crippen LogP contribution in [0.4, 0.5) is 0 Å². The van der Waals surface area contributed by atoms with Crippen LogP contribution in [-0.2, 0) is 28.7 Å². The van der Waals surface area contributed by atoms with Crippen LogP contribution in [-0.4, -0.2) is 68.8 Å². The van der Waals surface area contributed by atoms with E-state index in [4.69, 9.17) is 9.47 Å². The second-order valence-electron chi connectivity index (χ2n) is 12.1. The molecule has 0 aromatic rings. The third-order valence-corrected chi connectivity index (χ3v) is 9.59. The molecule has 8 atom stereocenters. The number of carbonyl (C=O) groups is 4. The molecule has 0 bridgehead atoms. The molecule has 9 nitrogen and oxygen atoms in total. The van der Waals surface area contributed by atoms with Gasteiger partial charge in [-0.25, -0.2) is 4.79 Å². The fourth-order valence-corrected chi connectivity index (χ4v) is 7.20. The number of ether oxygens (including phenoxy) is 2. The van der Waals surface area contributed by atoms with Crippen molar-refractivity contribution in [2.75, 3.05) is 13.2 Å². The fraction of sp³-hybridized carbons (Fsp3) is 0.655. The number of ketones is 2. The van der Waals surface area contributed by atoms with E-state index in [0.717, 1.165) is 6.08 Å². The fourth-order valence-electron chi connectivity index (χ4n) is 7.20. The van der Waals surface area contributed by atoms with Crippen molar-refractivity contribution in [3.63, 3.8) is 0 Å². The lowest BCUT2D eigenvalue weighted by atomic mass is 9.59. The number of hydrogen-bond donors (Lipinski definition) is 3. The highest BCUT2D eigenvalue weighted by Crippen LogP contribution is 2.76. The molecular weight excluding hydrogens is 492 g/mol. The normalized spacial score (nSPS) is 41.9. The van der Waals surface area contributed by atoms with Gasteiger partial charge in [0.1, 0.15) is 12.2 Å². The molecule has 0 aliphatic heterocycles.